The molecule has 45 heavy (non-hydrogen) atoms. The lowest BCUT2D eigenvalue weighted by atomic mass is 10.1. The minimum Gasteiger partial charge on any atom is -0.462 e. The number of hydrogen-bond donors (Lipinski definition) is 2. The summed E-state index contributed by atoms with van der Waals surface area (Å²) in [6.45, 7) is 3.43. The molecule has 0 bridgehead atoms. The van der Waals surface area contributed by atoms with Crippen LogP contribution >= 0.6 is 7.82 Å². The maximum absolute atomic E-state index is 12.3. The number of carbonyl (C=O) groups excluding carboxylic acids is 3. The first-order valence-corrected chi connectivity index (χ1v) is 18.8. The molecule has 0 aromatic carbocycles. The number of unbranched alkanes of at least 4 members (excludes halogenated alkanes) is 14. The molecule has 0 aliphatic heterocycles. The van der Waals surface area contributed by atoms with Crippen LogP contribution < -0.4 is 0 Å². The summed E-state index contributed by atoms with van der Waals surface area (Å²) in [5.74, 6) is -0.793. The second-order valence-corrected chi connectivity index (χ2v) is 12.8. The van der Waals surface area contributed by atoms with E-state index in [1.54, 1.807) is 12.2 Å². The normalized spacial score (nSPS) is 12.8. The zero-order chi connectivity index (χ0) is 33.4. The predicted molar refractivity (Wildman–Crippen MR) is 180 cm³/mol. The highest BCUT2D eigenvalue weighted by molar-refractivity contribution is 7.46. The van der Waals surface area contributed by atoms with Gasteiger partial charge in [0.1, 0.15) is 6.61 Å². The monoisotopic (exact) mass is 656 g/mol. The van der Waals surface area contributed by atoms with Crippen molar-refractivity contribution in [2.45, 2.75) is 155 Å². The van der Waals surface area contributed by atoms with Crippen LogP contribution in [0.4, 0.5) is 0 Å². The number of esters is 2. The van der Waals surface area contributed by atoms with Crippen molar-refractivity contribution in [3.63, 3.8) is 0 Å². The molecule has 0 radical (unpaired) electrons. The lowest BCUT2D eigenvalue weighted by Crippen LogP contribution is -2.29. The summed E-state index contributed by atoms with van der Waals surface area (Å²) in [7, 11) is -4.77. The Morgan fingerprint density at radius 3 is 1.78 bits per heavy atom. The SMILES string of the molecule is CCCC/C=C\CCCCCCCC(=O)OC[C@H](COP(=O)(O)O)OC(=O)CCCCCCC/C=C\C=C\C(=O)CCCCC. The van der Waals surface area contributed by atoms with E-state index in [9.17, 15) is 18.9 Å². The number of ketones is 1. The highest BCUT2D eigenvalue weighted by Gasteiger charge is 2.22. The molecule has 0 spiro atoms. The van der Waals surface area contributed by atoms with Crippen molar-refractivity contribution in [2.75, 3.05) is 13.2 Å². The Bertz CT molecular complexity index is 892. The molecule has 0 amide bonds. The van der Waals surface area contributed by atoms with Crippen molar-refractivity contribution in [1.29, 1.82) is 0 Å². The van der Waals surface area contributed by atoms with Crippen LogP contribution in [0.5, 0.6) is 0 Å². The summed E-state index contributed by atoms with van der Waals surface area (Å²) < 4.78 is 26.1. The largest absolute Gasteiger partial charge is 0.469 e. The molecule has 0 aromatic rings. The highest BCUT2D eigenvalue weighted by atomic mass is 31.2. The number of allylic oxidation sites excluding steroid dienone is 6. The summed E-state index contributed by atoms with van der Waals surface area (Å²) in [6.07, 6.45) is 29.9. The fourth-order valence-electron chi connectivity index (χ4n) is 4.45. The van der Waals surface area contributed by atoms with Gasteiger partial charge in [0.25, 0.3) is 0 Å². The molecule has 0 heterocycles. The topological polar surface area (TPSA) is 136 Å². The average molecular weight is 657 g/mol. The number of rotatable bonds is 31. The van der Waals surface area contributed by atoms with E-state index in [0.717, 1.165) is 89.9 Å². The summed E-state index contributed by atoms with van der Waals surface area (Å²) in [5.41, 5.74) is 0. The minimum atomic E-state index is -4.77. The number of hydrogen-bond acceptors (Lipinski definition) is 7. The summed E-state index contributed by atoms with van der Waals surface area (Å²) in [5, 5.41) is 0. The van der Waals surface area contributed by atoms with Crippen molar-refractivity contribution >= 4 is 25.5 Å². The third-order valence-electron chi connectivity index (χ3n) is 7.11. The Kier molecular flexibility index (Phi) is 29.2. The molecule has 0 unspecified atom stereocenters. The van der Waals surface area contributed by atoms with Crippen molar-refractivity contribution < 1.29 is 42.7 Å². The van der Waals surface area contributed by atoms with E-state index >= 15 is 0 Å². The second kappa shape index (κ2) is 30.6. The van der Waals surface area contributed by atoms with Crippen LogP contribution in [0.1, 0.15) is 149 Å². The van der Waals surface area contributed by atoms with E-state index in [4.69, 9.17) is 19.3 Å². The Hall–Kier alpha value is -2.06. The number of ether oxygens (including phenoxy) is 2. The van der Waals surface area contributed by atoms with Crippen molar-refractivity contribution in [3.05, 3.63) is 36.5 Å². The van der Waals surface area contributed by atoms with E-state index in [-0.39, 0.29) is 25.2 Å². The van der Waals surface area contributed by atoms with E-state index < -0.39 is 32.5 Å². The second-order valence-electron chi connectivity index (χ2n) is 11.5. The fourth-order valence-corrected chi connectivity index (χ4v) is 4.81. The molecule has 0 saturated heterocycles. The van der Waals surface area contributed by atoms with Crippen LogP contribution in [0.2, 0.25) is 0 Å². The van der Waals surface area contributed by atoms with Gasteiger partial charge in [0.15, 0.2) is 11.9 Å². The average Bonchev–Trinajstić information content (AvgIpc) is 2.99. The fraction of sp³-hybridized carbons (Fsp3) is 0.743. The predicted octanol–water partition coefficient (Wildman–Crippen LogP) is 9.02. The summed E-state index contributed by atoms with van der Waals surface area (Å²) >= 11 is 0. The van der Waals surface area contributed by atoms with Gasteiger partial charge in [-0.25, -0.2) is 4.57 Å². The van der Waals surface area contributed by atoms with Crippen molar-refractivity contribution in [1.82, 2.24) is 0 Å². The van der Waals surface area contributed by atoms with Crippen LogP contribution in [0, 0.1) is 0 Å². The van der Waals surface area contributed by atoms with Gasteiger partial charge in [-0.15, -0.1) is 0 Å². The minimum absolute atomic E-state index is 0.159. The Morgan fingerprint density at radius 1 is 0.622 bits per heavy atom. The molecule has 10 heteroatoms. The van der Waals surface area contributed by atoms with Gasteiger partial charge < -0.3 is 19.3 Å². The van der Waals surface area contributed by atoms with Crippen LogP contribution in [0.3, 0.4) is 0 Å². The molecule has 1 atom stereocenters. The first kappa shape index (κ1) is 42.9. The first-order chi connectivity index (χ1) is 21.7. The lowest BCUT2D eigenvalue weighted by molar-refractivity contribution is -0.161. The highest BCUT2D eigenvalue weighted by Crippen LogP contribution is 2.35. The van der Waals surface area contributed by atoms with Gasteiger partial charge >= 0.3 is 19.8 Å². The van der Waals surface area contributed by atoms with Gasteiger partial charge in [-0.05, 0) is 57.4 Å². The van der Waals surface area contributed by atoms with Gasteiger partial charge in [-0.2, -0.15) is 0 Å². The van der Waals surface area contributed by atoms with Gasteiger partial charge in [-0.1, -0.05) is 108 Å². The summed E-state index contributed by atoms with van der Waals surface area (Å²) in [4.78, 5) is 54.2. The molecule has 0 aliphatic rings. The van der Waals surface area contributed by atoms with Gasteiger partial charge in [0.2, 0.25) is 0 Å². The smallest absolute Gasteiger partial charge is 0.462 e. The maximum Gasteiger partial charge on any atom is 0.469 e. The van der Waals surface area contributed by atoms with Crippen molar-refractivity contribution in [2.24, 2.45) is 0 Å². The Morgan fingerprint density at radius 2 is 1.16 bits per heavy atom. The molecular formula is C35H61O9P. The number of phosphoric acid groups is 1. The standard InChI is InChI=1S/C35H61O9P/c1-3-5-7-8-9-10-11-14-17-20-24-28-34(37)42-30-33(31-43-45(39,40)41)44-35(38)29-25-21-18-15-12-13-16-19-23-27-32(36)26-22-6-4-2/h8-9,16,19,23,27,33H,3-7,10-15,17-18,20-22,24-26,28-31H2,1-2H3,(H2,39,40,41)/b9-8-,19-16-,27-23+/t33-/m1/s1. The molecule has 0 fully saturated rings. The van der Waals surface area contributed by atoms with E-state index in [0.29, 0.717) is 19.3 Å². The third kappa shape index (κ3) is 33.1. The van der Waals surface area contributed by atoms with Crippen LogP contribution in [-0.2, 0) is 32.9 Å². The quantitative estimate of drug-likeness (QED) is 0.0187. The van der Waals surface area contributed by atoms with E-state index in [2.05, 4.69) is 36.6 Å². The Balaban J connectivity index is 4.10. The third-order valence-corrected chi connectivity index (χ3v) is 7.59. The maximum atomic E-state index is 12.3. The molecule has 0 aromatic heterocycles. The van der Waals surface area contributed by atoms with Gasteiger partial charge in [0, 0.05) is 19.3 Å². The number of phosphoric ester groups is 1. The van der Waals surface area contributed by atoms with Crippen molar-refractivity contribution in [3.8, 4) is 0 Å². The Labute approximate surface area is 272 Å². The zero-order valence-corrected chi connectivity index (χ0v) is 28.9. The van der Waals surface area contributed by atoms with E-state index in [1.165, 1.54) is 12.8 Å². The van der Waals surface area contributed by atoms with Crippen LogP contribution in [-0.4, -0.2) is 46.8 Å². The van der Waals surface area contributed by atoms with Crippen LogP contribution in [0.25, 0.3) is 0 Å². The van der Waals surface area contributed by atoms with Crippen LogP contribution in [0.15, 0.2) is 36.5 Å². The molecule has 0 saturated carbocycles. The molecule has 0 rings (SSSR count). The molecular weight excluding hydrogens is 595 g/mol. The zero-order valence-electron chi connectivity index (χ0n) is 28.0. The first-order valence-electron chi connectivity index (χ1n) is 17.2. The molecule has 2 N–H and O–H groups in total. The molecule has 0 aliphatic carbocycles. The lowest BCUT2D eigenvalue weighted by Gasteiger charge is -2.18. The van der Waals surface area contributed by atoms with Gasteiger partial charge in [0.05, 0.1) is 6.61 Å². The molecule has 9 nitrogen and oxygen atoms in total. The number of carbonyl (C=O) groups is 3. The summed E-state index contributed by atoms with van der Waals surface area (Å²) in [6, 6.07) is 0. The van der Waals surface area contributed by atoms with E-state index in [1.807, 2.05) is 6.08 Å². The van der Waals surface area contributed by atoms with Gasteiger partial charge in [-0.3, -0.25) is 18.9 Å². The molecule has 260 valence electrons.